The number of benzene rings is 1. The number of pyridine rings is 1. The quantitative estimate of drug-likeness (QED) is 0.702. The summed E-state index contributed by atoms with van der Waals surface area (Å²) in [4.78, 5) is 33.6. The molecule has 2 aromatic rings. The van der Waals surface area contributed by atoms with Gasteiger partial charge >= 0.3 is 0 Å². The lowest BCUT2D eigenvalue weighted by Gasteiger charge is -2.36. The van der Waals surface area contributed by atoms with E-state index in [9.17, 15) is 14.0 Å². The Labute approximate surface area is 170 Å². The van der Waals surface area contributed by atoms with E-state index in [0.717, 1.165) is 24.5 Å². The van der Waals surface area contributed by atoms with Crippen molar-refractivity contribution < 1.29 is 14.0 Å². The number of carbonyl (C=O) groups excluding carboxylic acids is 2. The van der Waals surface area contributed by atoms with Crippen molar-refractivity contribution in [3.05, 3.63) is 54.1 Å². The van der Waals surface area contributed by atoms with Crippen LogP contribution in [0.2, 0.25) is 0 Å². The topological polar surface area (TPSA) is 56.8 Å². The van der Waals surface area contributed by atoms with Crippen molar-refractivity contribution in [1.29, 1.82) is 0 Å². The Morgan fingerprint density at radius 2 is 1.79 bits per heavy atom. The summed E-state index contributed by atoms with van der Waals surface area (Å²) in [5.74, 6) is -0.376. The number of carbonyl (C=O) groups is 2. The minimum Gasteiger partial charge on any atom is -0.368 e. The van der Waals surface area contributed by atoms with Gasteiger partial charge in [0.25, 0.3) is 0 Å². The third-order valence-corrected chi connectivity index (χ3v) is 5.36. The summed E-state index contributed by atoms with van der Waals surface area (Å²) in [5.41, 5.74) is 2.43. The standard InChI is InChI=1S/C22H27FN4O2/c1-3-20(28)25(2)18-7-9-19(10-8-18)26-13-15-27(16-14-26)21(29)11-6-17-5-4-12-24-22(17)23/h4-5,7-10,12H,3,6,11,13-16H2,1-2H3. The Morgan fingerprint density at radius 1 is 1.10 bits per heavy atom. The van der Waals surface area contributed by atoms with Gasteiger partial charge in [0.1, 0.15) is 0 Å². The molecule has 1 aromatic carbocycles. The Bertz CT molecular complexity index is 848. The number of piperazine rings is 1. The predicted molar refractivity (Wildman–Crippen MR) is 111 cm³/mol. The lowest BCUT2D eigenvalue weighted by atomic mass is 10.1. The Morgan fingerprint density at radius 3 is 2.41 bits per heavy atom. The second-order valence-corrected chi connectivity index (χ2v) is 7.14. The number of amides is 2. The van der Waals surface area contributed by atoms with E-state index in [1.807, 2.05) is 36.1 Å². The van der Waals surface area contributed by atoms with Gasteiger partial charge in [-0.15, -0.1) is 0 Å². The monoisotopic (exact) mass is 398 g/mol. The molecule has 2 amide bonds. The number of hydrogen-bond acceptors (Lipinski definition) is 4. The first-order valence-electron chi connectivity index (χ1n) is 9.98. The summed E-state index contributed by atoms with van der Waals surface area (Å²) in [6.45, 7) is 4.63. The van der Waals surface area contributed by atoms with Crippen molar-refractivity contribution in [3.8, 4) is 0 Å². The van der Waals surface area contributed by atoms with E-state index < -0.39 is 5.95 Å². The second kappa shape index (κ2) is 9.49. The number of nitrogens with zero attached hydrogens (tertiary/aromatic N) is 4. The molecule has 7 heteroatoms. The number of aromatic nitrogens is 1. The molecule has 1 saturated heterocycles. The number of hydrogen-bond donors (Lipinski definition) is 0. The van der Waals surface area contributed by atoms with Gasteiger partial charge in [-0.3, -0.25) is 9.59 Å². The zero-order chi connectivity index (χ0) is 20.8. The van der Waals surface area contributed by atoms with Crippen molar-refractivity contribution >= 4 is 23.2 Å². The van der Waals surface area contributed by atoms with E-state index >= 15 is 0 Å². The molecule has 0 N–H and O–H groups in total. The lowest BCUT2D eigenvalue weighted by Crippen LogP contribution is -2.48. The van der Waals surface area contributed by atoms with E-state index in [2.05, 4.69) is 9.88 Å². The van der Waals surface area contributed by atoms with Crippen LogP contribution in [-0.2, 0) is 16.0 Å². The molecule has 0 radical (unpaired) electrons. The molecule has 1 aliphatic heterocycles. The smallest absolute Gasteiger partial charge is 0.226 e. The zero-order valence-electron chi connectivity index (χ0n) is 17.0. The molecule has 0 bridgehead atoms. The van der Waals surface area contributed by atoms with E-state index in [4.69, 9.17) is 0 Å². The van der Waals surface area contributed by atoms with Crippen molar-refractivity contribution in [3.63, 3.8) is 0 Å². The fourth-order valence-corrected chi connectivity index (χ4v) is 3.49. The molecule has 0 spiro atoms. The van der Waals surface area contributed by atoms with Crippen molar-refractivity contribution in [2.24, 2.45) is 0 Å². The molecule has 154 valence electrons. The van der Waals surface area contributed by atoms with Crippen LogP contribution in [0.5, 0.6) is 0 Å². The van der Waals surface area contributed by atoms with Gasteiger partial charge in [-0.1, -0.05) is 13.0 Å². The molecule has 3 rings (SSSR count). The van der Waals surface area contributed by atoms with Crippen LogP contribution in [0.4, 0.5) is 15.8 Å². The van der Waals surface area contributed by atoms with Crippen LogP contribution in [0.15, 0.2) is 42.6 Å². The highest BCUT2D eigenvalue weighted by molar-refractivity contribution is 5.92. The third-order valence-electron chi connectivity index (χ3n) is 5.36. The van der Waals surface area contributed by atoms with E-state index in [-0.39, 0.29) is 18.2 Å². The largest absolute Gasteiger partial charge is 0.368 e. The number of rotatable bonds is 6. The van der Waals surface area contributed by atoms with Crippen LogP contribution < -0.4 is 9.80 Å². The first kappa shape index (κ1) is 20.8. The Hall–Kier alpha value is -2.96. The third kappa shape index (κ3) is 5.10. The highest BCUT2D eigenvalue weighted by Crippen LogP contribution is 2.22. The summed E-state index contributed by atoms with van der Waals surface area (Å²) >= 11 is 0. The van der Waals surface area contributed by atoms with Gasteiger partial charge in [0.2, 0.25) is 17.8 Å². The maximum atomic E-state index is 13.6. The molecule has 1 fully saturated rings. The van der Waals surface area contributed by atoms with Crippen LogP contribution in [0.25, 0.3) is 0 Å². The van der Waals surface area contributed by atoms with Crippen molar-refractivity contribution in [1.82, 2.24) is 9.88 Å². The van der Waals surface area contributed by atoms with Crippen molar-refractivity contribution in [2.45, 2.75) is 26.2 Å². The van der Waals surface area contributed by atoms with E-state index in [0.29, 0.717) is 31.5 Å². The van der Waals surface area contributed by atoms with Gasteiger partial charge in [0, 0.05) is 69.2 Å². The minimum absolute atomic E-state index is 0.0444. The molecule has 2 heterocycles. The Kier molecular flexibility index (Phi) is 6.80. The molecule has 29 heavy (non-hydrogen) atoms. The first-order chi connectivity index (χ1) is 14.0. The Balaban J connectivity index is 1.50. The average molecular weight is 398 g/mol. The average Bonchev–Trinajstić information content (AvgIpc) is 2.77. The normalized spacial score (nSPS) is 14.0. The predicted octanol–water partition coefficient (Wildman–Crippen LogP) is 2.87. The van der Waals surface area contributed by atoms with Crippen molar-refractivity contribution in [2.75, 3.05) is 43.0 Å². The van der Waals surface area contributed by atoms with Crippen LogP contribution in [0.1, 0.15) is 25.3 Å². The molecule has 0 aliphatic carbocycles. The van der Waals surface area contributed by atoms with E-state index in [1.165, 1.54) is 6.20 Å². The number of aryl methyl sites for hydroxylation is 1. The molecule has 6 nitrogen and oxygen atoms in total. The molecule has 0 atom stereocenters. The molecule has 0 saturated carbocycles. The lowest BCUT2D eigenvalue weighted by molar-refractivity contribution is -0.131. The fourth-order valence-electron chi connectivity index (χ4n) is 3.49. The molecule has 1 aromatic heterocycles. The van der Waals surface area contributed by atoms with Gasteiger partial charge in [0.15, 0.2) is 0 Å². The molecule has 1 aliphatic rings. The fraction of sp³-hybridized carbons (Fsp3) is 0.409. The summed E-state index contributed by atoms with van der Waals surface area (Å²) in [5, 5.41) is 0. The van der Waals surface area contributed by atoms with Gasteiger partial charge < -0.3 is 14.7 Å². The summed E-state index contributed by atoms with van der Waals surface area (Å²) in [6, 6.07) is 11.3. The second-order valence-electron chi connectivity index (χ2n) is 7.14. The van der Waals surface area contributed by atoms with Gasteiger partial charge in [-0.2, -0.15) is 4.39 Å². The number of anilines is 2. The SMILES string of the molecule is CCC(=O)N(C)c1ccc(N2CCN(C(=O)CCc3cccnc3F)CC2)cc1. The van der Waals surface area contributed by atoms with Gasteiger partial charge in [-0.05, 0) is 36.8 Å². The number of halogens is 1. The maximum Gasteiger partial charge on any atom is 0.226 e. The summed E-state index contributed by atoms with van der Waals surface area (Å²) in [6.07, 6.45) is 2.53. The van der Waals surface area contributed by atoms with Gasteiger partial charge in [-0.25, -0.2) is 4.98 Å². The van der Waals surface area contributed by atoms with E-state index in [1.54, 1.807) is 24.1 Å². The molecular weight excluding hydrogens is 371 g/mol. The summed E-state index contributed by atoms with van der Waals surface area (Å²) in [7, 11) is 1.78. The van der Waals surface area contributed by atoms with Gasteiger partial charge in [0.05, 0.1) is 0 Å². The minimum atomic E-state index is -0.500. The van der Waals surface area contributed by atoms with Crippen LogP contribution >= 0.6 is 0 Å². The zero-order valence-corrected chi connectivity index (χ0v) is 17.0. The molecular formula is C22H27FN4O2. The summed E-state index contributed by atoms with van der Waals surface area (Å²) < 4.78 is 13.6. The van der Waals surface area contributed by atoms with Crippen LogP contribution in [0, 0.1) is 5.95 Å². The molecule has 0 unspecified atom stereocenters. The van der Waals surface area contributed by atoms with Crippen LogP contribution in [0.3, 0.4) is 0 Å². The first-order valence-corrected chi connectivity index (χ1v) is 9.98. The highest BCUT2D eigenvalue weighted by atomic mass is 19.1. The van der Waals surface area contributed by atoms with Crippen LogP contribution in [-0.4, -0.2) is 54.9 Å². The highest BCUT2D eigenvalue weighted by Gasteiger charge is 2.21. The maximum absolute atomic E-state index is 13.6.